The van der Waals surface area contributed by atoms with Crippen molar-refractivity contribution < 1.29 is 29.0 Å². The Kier molecular flexibility index (Phi) is 7.43. The van der Waals surface area contributed by atoms with Crippen molar-refractivity contribution in [3.63, 3.8) is 0 Å². The summed E-state index contributed by atoms with van der Waals surface area (Å²) in [6.07, 6.45) is -0.535. The van der Waals surface area contributed by atoms with Gasteiger partial charge in [0.25, 0.3) is 0 Å². The molecule has 35 heavy (non-hydrogen) atoms. The second-order valence-electron chi connectivity index (χ2n) is 11.3. The first-order valence-corrected chi connectivity index (χ1v) is 11.9. The number of carboxylic acids is 1. The number of amides is 1. The van der Waals surface area contributed by atoms with Gasteiger partial charge in [-0.2, -0.15) is 0 Å². The van der Waals surface area contributed by atoms with Crippen LogP contribution >= 0.6 is 0 Å². The van der Waals surface area contributed by atoms with Crippen molar-refractivity contribution in [2.45, 2.75) is 79.1 Å². The lowest BCUT2D eigenvalue weighted by Crippen LogP contribution is -2.47. The monoisotopic (exact) mass is 484 g/mol. The van der Waals surface area contributed by atoms with E-state index < -0.39 is 41.0 Å². The van der Waals surface area contributed by atoms with Crippen molar-refractivity contribution in [1.29, 1.82) is 0 Å². The van der Waals surface area contributed by atoms with Gasteiger partial charge in [0.05, 0.1) is 18.9 Å². The molecule has 0 radical (unpaired) electrons. The zero-order valence-electron chi connectivity index (χ0n) is 21.6. The topological polar surface area (TPSA) is 106 Å². The van der Waals surface area contributed by atoms with E-state index in [-0.39, 0.29) is 25.3 Å². The van der Waals surface area contributed by atoms with Crippen LogP contribution in [0.15, 0.2) is 30.3 Å². The summed E-state index contributed by atoms with van der Waals surface area (Å²) < 4.78 is 11.6. The van der Waals surface area contributed by atoms with Crippen LogP contribution < -0.4 is 4.74 Å². The number of hydrogen-bond acceptors (Lipinski definition) is 6. The quantitative estimate of drug-likeness (QED) is 0.607. The van der Waals surface area contributed by atoms with Crippen LogP contribution in [-0.4, -0.2) is 57.1 Å². The van der Waals surface area contributed by atoms with Crippen LogP contribution in [0.4, 0.5) is 0 Å². The molecule has 2 aromatic rings. The third kappa shape index (κ3) is 6.50. The van der Waals surface area contributed by atoms with Crippen LogP contribution in [0.1, 0.15) is 60.1 Å². The lowest BCUT2D eigenvalue weighted by molar-refractivity contribution is -0.161. The van der Waals surface area contributed by atoms with Gasteiger partial charge in [0.15, 0.2) is 0 Å². The van der Waals surface area contributed by atoms with E-state index in [2.05, 4.69) is 4.98 Å². The highest BCUT2D eigenvalue weighted by atomic mass is 16.6. The van der Waals surface area contributed by atoms with Crippen molar-refractivity contribution in [2.75, 3.05) is 6.54 Å². The highest BCUT2D eigenvalue weighted by Gasteiger charge is 2.46. The Hall–Kier alpha value is -3.16. The van der Waals surface area contributed by atoms with Gasteiger partial charge in [-0.3, -0.25) is 9.59 Å². The average Bonchev–Trinajstić information content (AvgIpc) is 3.13. The summed E-state index contributed by atoms with van der Waals surface area (Å²) in [4.78, 5) is 44.2. The van der Waals surface area contributed by atoms with E-state index in [1.807, 2.05) is 58.0 Å². The largest absolute Gasteiger partial charge is 0.480 e. The van der Waals surface area contributed by atoms with Gasteiger partial charge in [-0.05, 0) is 50.6 Å². The Labute approximate surface area is 206 Å². The number of esters is 1. The fourth-order valence-electron chi connectivity index (χ4n) is 4.42. The summed E-state index contributed by atoms with van der Waals surface area (Å²) >= 11 is 0. The minimum absolute atomic E-state index is 0.0979. The van der Waals surface area contributed by atoms with Gasteiger partial charge in [-0.15, -0.1) is 0 Å². The van der Waals surface area contributed by atoms with Gasteiger partial charge in [0.2, 0.25) is 11.8 Å². The van der Waals surface area contributed by atoms with Crippen molar-refractivity contribution in [1.82, 2.24) is 9.88 Å². The van der Waals surface area contributed by atoms with Crippen LogP contribution in [0.3, 0.4) is 0 Å². The molecular formula is C27H36N2O6. The predicted molar refractivity (Wildman–Crippen MR) is 132 cm³/mol. The summed E-state index contributed by atoms with van der Waals surface area (Å²) in [5, 5.41) is 11.7. The number of fused-ring (bicyclic) bond motifs is 1. The molecular weight excluding hydrogens is 448 g/mol. The van der Waals surface area contributed by atoms with Crippen LogP contribution in [0.5, 0.6) is 5.88 Å². The number of carbonyl (C=O) groups is 3. The lowest BCUT2D eigenvalue weighted by Gasteiger charge is -2.34. The number of pyridine rings is 1. The molecule has 1 fully saturated rings. The number of aliphatic carboxylic acids is 1. The maximum Gasteiger partial charge on any atom is 0.326 e. The van der Waals surface area contributed by atoms with E-state index in [1.54, 1.807) is 20.8 Å². The predicted octanol–water partition coefficient (Wildman–Crippen LogP) is 4.37. The fourth-order valence-corrected chi connectivity index (χ4v) is 4.42. The van der Waals surface area contributed by atoms with Crippen LogP contribution in [-0.2, 0) is 19.1 Å². The number of carbonyl (C=O) groups excluding carboxylic acids is 2. The third-order valence-electron chi connectivity index (χ3n) is 6.08. The molecule has 0 spiro atoms. The van der Waals surface area contributed by atoms with E-state index in [4.69, 9.17) is 9.47 Å². The number of rotatable bonds is 6. The van der Waals surface area contributed by atoms with Crippen molar-refractivity contribution in [3.05, 3.63) is 36.0 Å². The van der Waals surface area contributed by atoms with E-state index >= 15 is 0 Å². The summed E-state index contributed by atoms with van der Waals surface area (Å²) in [7, 11) is 0. The molecule has 3 atom stereocenters. The summed E-state index contributed by atoms with van der Waals surface area (Å²) in [6, 6.07) is 8.59. The lowest BCUT2D eigenvalue weighted by atomic mass is 9.77. The number of ether oxygens (including phenoxy) is 2. The Bertz CT molecular complexity index is 1110. The second kappa shape index (κ2) is 9.84. The molecule has 1 amide bonds. The van der Waals surface area contributed by atoms with E-state index in [0.29, 0.717) is 5.88 Å². The van der Waals surface area contributed by atoms with Crippen molar-refractivity contribution in [2.24, 2.45) is 11.3 Å². The fraction of sp³-hybridized carbons (Fsp3) is 0.556. The van der Waals surface area contributed by atoms with Gasteiger partial charge in [-0.25, -0.2) is 9.78 Å². The molecule has 1 N–H and O–H groups in total. The Morgan fingerprint density at radius 2 is 1.80 bits per heavy atom. The van der Waals surface area contributed by atoms with E-state index in [0.717, 1.165) is 16.5 Å². The van der Waals surface area contributed by atoms with Gasteiger partial charge in [-0.1, -0.05) is 39.0 Å². The molecule has 0 saturated carbocycles. The Morgan fingerprint density at radius 1 is 1.14 bits per heavy atom. The van der Waals surface area contributed by atoms with Gasteiger partial charge < -0.3 is 19.5 Å². The number of aryl methyl sites for hydroxylation is 1. The maximum atomic E-state index is 13.7. The maximum absolute atomic E-state index is 13.7. The molecule has 1 aliphatic rings. The summed E-state index contributed by atoms with van der Waals surface area (Å²) in [5.41, 5.74) is -0.475. The van der Waals surface area contributed by atoms with Gasteiger partial charge >= 0.3 is 11.9 Å². The van der Waals surface area contributed by atoms with Crippen LogP contribution in [0.2, 0.25) is 0 Å². The molecule has 8 heteroatoms. The number of nitrogens with zero attached hydrogens (tertiary/aromatic N) is 2. The number of carboxylic acid groups (broad SMARTS) is 1. The van der Waals surface area contributed by atoms with Crippen molar-refractivity contribution >= 4 is 28.6 Å². The second-order valence-corrected chi connectivity index (χ2v) is 11.3. The smallest absolute Gasteiger partial charge is 0.326 e. The molecule has 0 aliphatic carbocycles. The first-order valence-electron chi connectivity index (χ1n) is 11.9. The average molecular weight is 485 g/mol. The van der Waals surface area contributed by atoms with Crippen LogP contribution in [0.25, 0.3) is 10.8 Å². The summed E-state index contributed by atoms with van der Waals surface area (Å²) in [5.74, 6) is -2.29. The van der Waals surface area contributed by atoms with Crippen molar-refractivity contribution in [3.8, 4) is 5.88 Å². The Balaban J connectivity index is 1.85. The minimum atomic E-state index is -1.10. The summed E-state index contributed by atoms with van der Waals surface area (Å²) in [6.45, 7) is 12.9. The molecule has 0 unspecified atom stereocenters. The SMILES string of the molecule is Cc1cc2ccccc2c(O[C@@H]2C[C@@H](C(=O)O)N(C(=O)[C@@H](CC(=O)OC(C)(C)C)C(C)(C)C)C2)n1. The van der Waals surface area contributed by atoms with E-state index in [9.17, 15) is 19.5 Å². The number of likely N-dealkylation sites (tertiary alicyclic amines) is 1. The third-order valence-corrected chi connectivity index (χ3v) is 6.08. The number of hydrogen-bond donors (Lipinski definition) is 1. The highest BCUT2D eigenvalue weighted by molar-refractivity contribution is 5.89. The highest BCUT2D eigenvalue weighted by Crippen LogP contribution is 2.35. The minimum Gasteiger partial charge on any atom is -0.480 e. The molecule has 3 rings (SSSR count). The molecule has 2 heterocycles. The number of aromatic nitrogens is 1. The van der Waals surface area contributed by atoms with Crippen LogP contribution in [0, 0.1) is 18.3 Å². The molecule has 1 aromatic heterocycles. The molecule has 190 valence electrons. The molecule has 0 bridgehead atoms. The normalized spacial score (nSPS) is 19.5. The first kappa shape index (κ1) is 26.4. The standard InChI is InChI=1S/C27H36N2O6/c1-16-12-17-10-8-9-11-19(17)23(28-16)34-18-13-21(25(32)33)29(15-18)24(31)20(26(2,3)4)14-22(30)35-27(5,6)7/h8-12,18,20-21H,13-15H2,1-7H3,(H,32,33)/t18-,20-,21+/m1/s1. The van der Waals surface area contributed by atoms with Gasteiger partial charge in [0.1, 0.15) is 17.7 Å². The van der Waals surface area contributed by atoms with E-state index in [1.165, 1.54) is 4.90 Å². The number of benzene rings is 1. The zero-order valence-corrected chi connectivity index (χ0v) is 21.6. The Morgan fingerprint density at radius 3 is 2.40 bits per heavy atom. The molecule has 8 nitrogen and oxygen atoms in total. The van der Waals surface area contributed by atoms with Gasteiger partial charge in [0, 0.05) is 17.5 Å². The zero-order chi connectivity index (χ0) is 26.1. The first-order chi connectivity index (χ1) is 16.2. The molecule has 1 aliphatic heterocycles. The molecule has 1 aromatic carbocycles. The molecule has 1 saturated heterocycles.